The molecule has 1 aliphatic rings. The van der Waals surface area contributed by atoms with Gasteiger partial charge in [-0.05, 0) is 25.5 Å². The Balaban J connectivity index is 1.91. The molecule has 8 heteroatoms. The van der Waals surface area contributed by atoms with E-state index in [2.05, 4.69) is 26.5 Å². The molecule has 3 heterocycles. The molecule has 0 bridgehead atoms. The van der Waals surface area contributed by atoms with Crippen molar-refractivity contribution in [2.45, 2.75) is 13.0 Å². The topological polar surface area (TPSA) is 81.1 Å². The first-order chi connectivity index (χ1) is 9.16. The highest BCUT2D eigenvalue weighted by Crippen LogP contribution is 2.33. The largest absolute Gasteiger partial charge is 0.389 e. The molecular weight excluding hydrogens is 282 g/mol. The SMILES string of the molecule is Cc1nsc(N)c1-c1nc(C2CSCCN2C)no1. The number of nitrogens with two attached hydrogens (primary N) is 1. The van der Waals surface area contributed by atoms with Crippen molar-refractivity contribution < 1.29 is 4.52 Å². The molecule has 0 spiro atoms. The molecule has 0 radical (unpaired) electrons. The summed E-state index contributed by atoms with van der Waals surface area (Å²) in [6.07, 6.45) is 0. The van der Waals surface area contributed by atoms with E-state index in [0.29, 0.717) is 10.9 Å². The van der Waals surface area contributed by atoms with Crippen LogP contribution in [0.3, 0.4) is 0 Å². The minimum atomic E-state index is 0.212. The Bertz CT molecular complexity index is 562. The fraction of sp³-hybridized carbons (Fsp3) is 0.545. The van der Waals surface area contributed by atoms with Crippen molar-refractivity contribution in [3.8, 4) is 11.5 Å². The van der Waals surface area contributed by atoms with Gasteiger partial charge in [0.05, 0.1) is 17.3 Å². The monoisotopic (exact) mass is 297 g/mol. The summed E-state index contributed by atoms with van der Waals surface area (Å²) in [6, 6.07) is 0.212. The van der Waals surface area contributed by atoms with Crippen LogP contribution in [0.1, 0.15) is 17.6 Å². The molecule has 1 aliphatic heterocycles. The van der Waals surface area contributed by atoms with E-state index in [1.165, 1.54) is 11.5 Å². The lowest BCUT2D eigenvalue weighted by Gasteiger charge is -2.29. The maximum Gasteiger partial charge on any atom is 0.262 e. The third-order valence-electron chi connectivity index (χ3n) is 3.24. The van der Waals surface area contributed by atoms with E-state index in [1.54, 1.807) is 0 Å². The second kappa shape index (κ2) is 5.10. The maximum atomic E-state index is 5.90. The molecule has 0 aromatic carbocycles. The van der Waals surface area contributed by atoms with Crippen LogP contribution in [0.5, 0.6) is 0 Å². The van der Waals surface area contributed by atoms with Gasteiger partial charge in [-0.15, -0.1) is 0 Å². The minimum absolute atomic E-state index is 0.212. The number of nitrogens with zero attached hydrogens (tertiary/aromatic N) is 4. The van der Waals surface area contributed by atoms with Gasteiger partial charge in [0.25, 0.3) is 5.89 Å². The normalized spacial score (nSPS) is 20.8. The van der Waals surface area contributed by atoms with Crippen molar-refractivity contribution in [2.75, 3.05) is 30.8 Å². The molecule has 3 rings (SSSR count). The zero-order chi connectivity index (χ0) is 13.4. The Morgan fingerprint density at radius 2 is 2.32 bits per heavy atom. The van der Waals surface area contributed by atoms with E-state index in [-0.39, 0.29) is 6.04 Å². The van der Waals surface area contributed by atoms with Gasteiger partial charge in [0.1, 0.15) is 5.00 Å². The van der Waals surface area contributed by atoms with Crippen molar-refractivity contribution in [1.82, 2.24) is 19.4 Å². The molecular formula is C11H15N5OS2. The molecule has 1 unspecified atom stereocenters. The molecule has 1 fully saturated rings. The molecule has 0 aliphatic carbocycles. The van der Waals surface area contributed by atoms with Gasteiger partial charge >= 0.3 is 0 Å². The Hall–Kier alpha value is -1.12. The summed E-state index contributed by atoms with van der Waals surface area (Å²) in [6.45, 7) is 2.94. The second-order valence-corrected chi connectivity index (χ2v) is 6.49. The van der Waals surface area contributed by atoms with Gasteiger partial charge in [0.15, 0.2) is 5.82 Å². The maximum absolute atomic E-state index is 5.90. The first kappa shape index (κ1) is 12.9. The van der Waals surface area contributed by atoms with Gasteiger partial charge in [-0.1, -0.05) is 5.16 Å². The Morgan fingerprint density at radius 1 is 1.47 bits per heavy atom. The number of nitrogen functional groups attached to an aromatic ring is 1. The van der Waals surface area contributed by atoms with Crippen molar-refractivity contribution in [3.63, 3.8) is 0 Å². The summed E-state index contributed by atoms with van der Waals surface area (Å²) < 4.78 is 9.57. The summed E-state index contributed by atoms with van der Waals surface area (Å²) in [5.41, 5.74) is 7.51. The zero-order valence-corrected chi connectivity index (χ0v) is 12.4. The van der Waals surface area contributed by atoms with Crippen molar-refractivity contribution in [1.29, 1.82) is 0 Å². The van der Waals surface area contributed by atoms with Gasteiger partial charge in [-0.25, -0.2) is 0 Å². The van der Waals surface area contributed by atoms with Gasteiger partial charge in [-0.3, -0.25) is 4.90 Å². The molecule has 19 heavy (non-hydrogen) atoms. The van der Waals surface area contributed by atoms with Gasteiger partial charge in [0.2, 0.25) is 0 Å². The predicted molar refractivity (Wildman–Crippen MR) is 77.3 cm³/mol. The standard InChI is InChI=1S/C11H15N5OS2/c1-6-8(9(12)19-15-6)11-13-10(14-17-11)7-5-18-4-3-16(7)2/h7H,3-5,12H2,1-2H3. The Kier molecular flexibility index (Phi) is 3.46. The van der Waals surface area contributed by atoms with Crippen LogP contribution in [-0.2, 0) is 0 Å². The van der Waals surface area contributed by atoms with Crippen molar-refractivity contribution >= 4 is 28.3 Å². The van der Waals surface area contributed by atoms with Crippen LogP contribution < -0.4 is 5.73 Å². The van der Waals surface area contributed by atoms with Gasteiger partial charge < -0.3 is 10.3 Å². The molecule has 2 aromatic rings. The fourth-order valence-electron chi connectivity index (χ4n) is 2.08. The third kappa shape index (κ3) is 2.35. The van der Waals surface area contributed by atoms with Crippen LogP contribution >= 0.6 is 23.3 Å². The molecule has 2 N–H and O–H groups in total. The summed E-state index contributed by atoms with van der Waals surface area (Å²) in [5, 5.41) is 4.73. The van der Waals surface area contributed by atoms with Crippen LogP contribution in [0.4, 0.5) is 5.00 Å². The van der Waals surface area contributed by atoms with E-state index >= 15 is 0 Å². The van der Waals surface area contributed by atoms with Crippen molar-refractivity contribution in [2.24, 2.45) is 0 Å². The first-order valence-electron chi connectivity index (χ1n) is 6.00. The van der Waals surface area contributed by atoms with E-state index in [4.69, 9.17) is 10.3 Å². The molecule has 1 atom stereocenters. The Labute approximate surface area is 119 Å². The van der Waals surface area contributed by atoms with Crippen LogP contribution in [0.15, 0.2) is 4.52 Å². The summed E-state index contributed by atoms with van der Waals surface area (Å²) in [5.74, 6) is 3.35. The van der Waals surface area contributed by atoms with Gasteiger partial charge in [-0.2, -0.15) is 21.1 Å². The second-order valence-electron chi connectivity index (χ2n) is 4.54. The highest BCUT2D eigenvalue weighted by Gasteiger charge is 2.27. The fourth-order valence-corrected chi connectivity index (χ4v) is 3.94. The zero-order valence-electron chi connectivity index (χ0n) is 10.8. The van der Waals surface area contributed by atoms with Gasteiger partial charge in [0, 0.05) is 18.1 Å². The number of thioether (sulfide) groups is 1. The molecule has 1 saturated heterocycles. The van der Waals surface area contributed by atoms with Crippen LogP contribution in [0.25, 0.3) is 11.5 Å². The number of hydrogen-bond donors (Lipinski definition) is 1. The van der Waals surface area contributed by atoms with E-state index in [1.807, 2.05) is 18.7 Å². The molecule has 6 nitrogen and oxygen atoms in total. The summed E-state index contributed by atoms with van der Waals surface area (Å²) in [4.78, 5) is 6.76. The van der Waals surface area contributed by atoms with Crippen LogP contribution in [-0.4, -0.2) is 44.5 Å². The average Bonchev–Trinajstić information content (AvgIpc) is 2.97. The Morgan fingerprint density at radius 3 is 3.00 bits per heavy atom. The number of aryl methyl sites for hydroxylation is 1. The summed E-state index contributed by atoms with van der Waals surface area (Å²) in [7, 11) is 2.09. The molecule has 0 amide bonds. The first-order valence-corrected chi connectivity index (χ1v) is 7.93. The highest BCUT2D eigenvalue weighted by molar-refractivity contribution is 7.99. The lowest BCUT2D eigenvalue weighted by atomic mass is 10.2. The number of anilines is 1. The average molecular weight is 297 g/mol. The lowest BCUT2D eigenvalue weighted by Crippen LogP contribution is -2.33. The molecule has 0 saturated carbocycles. The third-order valence-corrected chi connectivity index (χ3v) is 5.03. The van der Waals surface area contributed by atoms with Crippen LogP contribution in [0, 0.1) is 6.92 Å². The number of aromatic nitrogens is 3. The molecule has 2 aromatic heterocycles. The molecule has 102 valence electrons. The van der Waals surface area contributed by atoms with E-state index < -0.39 is 0 Å². The number of hydrogen-bond acceptors (Lipinski definition) is 8. The quantitative estimate of drug-likeness (QED) is 0.905. The van der Waals surface area contributed by atoms with E-state index in [0.717, 1.165) is 35.1 Å². The number of rotatable bonds is 2. The van der Waals surface area contributed by atoms with Crippen LogP contribution in [0.2, 0.25) is 0 Å². The minimum Gasteiger partial charge on any atom is -0.389 e. The lowest BCUT2D eigenvalue weighted by molar-refractivity contribution is 0.257. The smallest absolute Gasteiger partial charge is 0.262 e. The van der Waals surface area contributed by atoms with E-state index in [9.17, 15) is 0 Å². The van der Waals surface area contributed by atoms with Crippen molar-refractivity contribution in [3.05, 3.63) is 11.5 Å². The predicted octanol–water partition coefficient (Wildman–Crippen LogP) is 1.80. The highest BCUT2D eigenvalue weighted by atomic mass is 32.2. The summed E-state index contributed by atoms with van der Waals surface area (Å²) >= 11 is 3.17.